The monoisotopic (exact) mass is 241 g/mol. The number of halogens is 2. The van der Waals surface area contributed by atoms with Crippen LogP contribution in [0.5, 0.6) is 0 Å². The van der Waals surface area contributed by atoms with Gasteiger partial charge in [0.15, 0.2) is 0 Å². The van der Waals surface area contributed by atoms with E-state index in [1.165, 1.54) is 0 Å². The molecule has 0 saturated heterocycles. The van der Waals surface area contributed by atoms with E-state index < -0.39 is 0 Å². The maximum atomic E-state index is 5.91. The largest absolute Gasteiger partial charge is 0.432 e. The van der Waals surface area contributed by atoms with Crippen LogP contribution in [-0.4, -0.2) is 4.98 Å². The molecule has 2 nitrogen and oxygen atoms in total. The summed E-state index contributed by atoms with van der Waals surface area (Å²) in [5, 5.41) is 0.843. The Morgan fingerprint density at radius 1 is 1.33 bits per heavy atom. The number of hydrogen-bond acceptors (Lipinski definition) is 2. The van der Waals surface area contributed by atoms with Gasteiger partial charge in [0.05, 0.1) is 0 Å². The van der Waals surface area contributed by atoms with Crippen LogP contribution in [0.1, 0.15) is 12.7 Å². The Kier molecular flexibility index (Phi) is 2.98. The van der Waals surface area contributed by atoms with Crippen molar-refractivity contribution in [1.29, 1.82) is 0 Å². The van der Waals surface area contributed by atoms with E-state index in [4.69, 9.17) is 27.6 Å². The topological polar surface area (TPSA) is 26.0 Å². The van der Waals surface area contributed by atoms with Crippen LogP contribution in [0.2, 0.25) is 10.4 Å². The standard InChI is InChI=1S/C11H9Cl2NO/c1-2-9-10(14-11(13)15-9)7-4-3-5-8(12)6-7/h3-6H,2H2,1H3. The van der Waals surface area contributed by atoms with E-state index in [9.17, 15) is 0 Å². The lowest BCUT2D eigenvalue weighted by atomic mass is 10.1. The molecule has 2 aromatic rings. The molecule has 0 aliphatic carbocycles. The quantitative estimate of drug-likeness (QED) is 0.788. The molecule has 1 aromatic carbocycles. The van der Waals surface area contributed by atoms with Gasteiger partial charge in [0.2, 0.25) is 0 Å². The van der Waals surface area contributed by atoms with Crippen LogP contribution in [0.15, 0.2) is 28.7 Å². The maximum Gasteiger partial charge on any atom is 0.292 e. The van der Waals surface area contributed by atoms with Gasteiger partial charge in [-0.1, -0.05) is 30.7 Å². The van der Waals surface area contributed by atoms with Gasteiger partial charge in [0, 0.05) is 17.0 Å². The van der Waals surface area contributed by atoms with E-state index in [-0.39, 0.29) is 5.35 Å². The fourth-order valence-corrected chi connectivity index (χ4v) is 1.79. The number of benzene rings is 1. The molecule has 0 saturated carbocycles. The smallest absolute Gasteiger partial charge is 0.292 e. The summed E-state index contributed by atoms with van der Waals surface area (Å²) in [6, 6.07) is 7.46. The Bertz CT molecular complexity index is 479. The summed E-state index contributed by atoms with van der Waals surface area (Å²) in [6.07, 6.45) is 0.752. The number of oxazole rings is 1. The van der Waals surface area contributed by atoms with Crippen molar-refractivity contribution in [2.75, 3.05) is 0 Å². The second-order valence-electron chi connectivity index (χ2n) is 3.10. The number of hydrogen-bond donors (Lipinski definition) is 0. The van der Waals surface area contributed by atoms with Gasteiger partial charge in [-0.05, 0) is 23.7 Å². The van der Waals surface area contributed by atoms with Crippen LogP contribution in [0.3, 0.4) is 0 Å². The molecule has 2 rings (SSSR count). The number of rotatable bonds is 2. The molecule has 0 unspecified atom stereocenters. The van der Waals surface area contributed by atoms with Gasteiger partial charge >= 0.3 is 0 Å². The van der Waals surface area contributed by atoms with Crippen molar-refractivity contribution in [3.05, 3.63) is 40.4 Å². The summed E-state index contributed by atoms with van der Waals surface area (Å²) in [5.74, 6) is 0.780. The summed E-state index contributed by atoms with van der Waals surface area (Å²) in [6.45, 7) is 1.99. The van der Waals surface area contributed by atoms with Crippen molar-refractivity contribution >= 4 is 23.2 Å². The van der Waals surface area contributed by atoms with E-state index in [1.807, 2.05) is 31.2 Å². The number of nitrogens with zero attached hydrogens (tertiary/aromatic N) is 1. The highest BCUT2D eigenvalue weighted by Gasteiger charge is 2.12. The van der Waals surface area contributed by atoms with E-state index in [1.54, 1.807) is 0 Å². The summed E-state index contributed by atoms with van der Waals surface area (Å²) in [7, 11) is 0. The SMILES string of the molecule is CCc1oc(Cl)nc1-c1cccc(Cl)c1. The molecule has 78 valence electrons. The minimum Gasteiger partial charge on any atom is -0.432 e. The molecule has 1 aromatic heterocycles. The van der Waals surface area contributed by atoms with Gasteiger partial charge in [-0.15, -0.1) is 0 Å². The minimum absolute atomic E-state index is 0.168. The molecule has 0 bridgehead atoms. The van der Waals surface area contributed by atoms with Crippen molar-refractivity contribution in [3.63, 3.8) is 0 Å². The zero-order valence-corrected chi connectivity index (χ0v) is 9.64. The Morgan fingerprint density at radius 3 is 2.80 bits per heavy atom. The zero-order valence-electron chi connectivity index (χ0n) is 8.13. The molecule has 0 N–H and O–H groups in total. The van der Waals surface area contributed by atoms with E-state index >= 15 is 0 Å². The molecular weight excluding hydrogens is 233 g/mol. The normalized spacial score (nSPS) is 10.6. The average molecular weight is 242 g/mol. The highest BCUT2D eigenvalue weighted by Crippen LogP contribution is 2.28. The van der Waals surface area contributed by atoms with Crippen molar-refractivity contribution in [3.8, 4) is 11.3 Å². The first-order valence-corrected chi connectivity index (χ1v) is 5.37. The van der Waals surface area contributed by atoms with Crippen molar-refractivity contribution in [2.24, 2.45) is 0 Å². The number of aryl methyl sites for hydroxylation is 1. The van der Waals surface area contributed by atoms with Crippen LogP contribution in [0.25, 0.3) is 11.3 Å². The summed E-state index contributed by atoms with van der Waals surface area (Å²) in [5.41, 5.74) is 1.69. The third kappa shape index (κ3) is 2.16. The Balaban J connectivity index is 2.53. The molecule has 0 aliphatic rings. The molecule has 0 amide bonds. The number of aromatic nitrogens is 1. The molecule has 0 spiro atoms. The second kappa shape index (κ2) is 4.25. The summed E-state index contributed by atoms with van der Waals surface area (Å²) < 4.78 is 5.27. The molecule has 0 aliphatic heterocycles. The van der Waals surface area contributed by atoms with E-state index in [0.29, 0.717) is 5.02 Å². The van der Waals surface area contributed by atoms with Crippen LogP contribution >= 0.6 is 23.2 Å². The van der Waals surface area contributed by atoms with Gasteiger partial charge in [0.25, 0.3) is 5.35 Å². The molecule has 15 heavy (non-hydrogen) atoms. The predicted molar refractivity (Wildman–Crippen MR) is 61.3 cm³/mol. The van der Waals surface area contributed by atoms with Crippen molar-refractivity contribution in [1.82, 2.24) is 4.98 Å². The summed E-state index contributed by atoms with van der Waals surface area (Å²) in [4.78, 5) is 4.13. The van der Waals surface area contributed by atoms with Crippen molar-refractivity contribution < 1.29 is 4.42 Å². The molecule has 0 fully saturated rings. The lowest BCUT2D eigenvalue weighted by molar-refractivity contribution is 0.513. The van der Waals surface area contributed by atoms with E-state index in [2.05, 4.69) is 4.98 Å². The van der Waals surface area contributed by atoms with Crippen LogP contribution in [0.4, 0.5) is 0 Å². The Morgan fingerprint density at radius 2 is 2.13 bits per heavy atom. The van der Waals surface area contributed by atoms with Crippen LogP contribution < -0.4 is 0 Å². The van der Waals surface area contributed by atoms with Crippen molar-refractivity contribution in [2.45, 2.75) is 13.3 Å². The van der Waals surface area contributed by atoms with Gasteiger partial charge in [-0.25, -0.2) is 0 Å². The minimum atomic E-state index is 0.168. The predicted octanol–water partition coefficient (Wildman–Crippen LogP) is 4.21. The first-order chi connectivity index (χ1) is 7.20. The molecule has 4 heteroatoms. The average Bonchev–Trinajstić information content (AvgIpc) is 2.59. The molecule has 1 heterocycles. The van der Waals surface area contributed by atoms with Crippen LogP contribution in [0, 0.1) is 0 Å². The molecular formula is C11H9Cl2NO. The van der Waals surface area contributed by atoms with Gasteiger partial charge < -0.3 is 4.42 Å². The first-order valence-electron chi connectivity index (χ1n) is 4.62. The fraction of sp³-hybridized carbons (Fsp3) is 0.182. The highest BCUT2D eigenvalue weighted by molar-refractivity contribution is 6.30. The second-order valence-corrected chi connectivity index (χ2v) is 3.86. The van der Waals surface area contributed by atoms with Crippen LogP contribution in [-0.2, 0) is 6.42 Å². The third-order valence-corrected chi connectivity index (χ3v) is 2.49. The lowest BCUT2D eigenvalue weighted by Gasteiger charge is -1.98. The highest BCUT2D eigenvalue weighted by atomic mass is 35.5. The first kappa shape index (κ1) is 10.5. The fourth-order valence-electron chi connectivity index (χ4n) is 1.42. The third-order valence-electron chi connectivity index (χ3n) is 2.09. The Labute approximate surface area is 97.8 Å². The zero-order chi connectivity index (χ0) is 10.8. The Hall–Kier alpha value is -0.990. The lowest BCUT2D eigenvalue weighted by Crippen LogP contribution is -1.83. The van der Waals surface area contributed by atoms with Gasteiger partial charge in [0.1, 0.15) is 11.5 Å². The van der Waals surface area contributed by atoms with Gasteiger partial charge in [-0.2, -0.15) is 4.98 Å². The maximum absolute atomic E-state index is 5.91. The molecule has 0 atom stereocenters. The summed E-state index contributed by atoms with van der Waals surface area (Å²) >= 11 is 11.6. The van der Waals surface area contributed by atoms with Gasteiger partial charge in [-0.3, -0.25) is 0 Å². The van der Waals surface area contributed by atoms with E-state index in [0.717, 1.165) is 23.4 Å². The molecule has 0 radical (unpaired) electrons.